The van der Waals surface area contributed by atoms with Gasteiger partial charge in [0.05, 0.1) is 12.6 Å². The SMILES string of the molecule is CCc1cc(C(=O)N2CC(C(=O)O)O[C@H](C)C2)n[nH]1. The van der Waals surface area contributed by atoms with Crippen LogP contribution in [0.2, 0.25) is 0 Å². The highest BCUT2D eigenvalue weighted by Gasteiger charge is 2.33. The van der Waals surface area contributed by atoms with Crippen LogP contribution in [-0.2, 0) is 16.0 Å². The van der Waals surface area contributed by atoms with Crippen LogP contribution in [0.1, 0.15) is 30.0 Å². The molecule has 1 saturated heterocycles. The van der Waals surface area contributed by atoms with E-state index in [1.807, 2.05) is 6.92 Å². The lowest BCUT2D eigenvalue weighted by Gasteiger charge is -2.34. The van der Waals surface area contributed by atoms with Crippen LogP contribution in [0.3, 0.4) is 0 Å². The molecule has 1 aromatic heterocycles. The summed E-state index contributed by atoms with van der Waals surface area (Å²) >= 11 is 0. The zero-order valence-electron chi connectivity index (χ0n) is 10.9. The van der Waals surface area contributed by atoms with Crippen molar-refractivity contribution in [2.45, 2.75) is 32.5 Å². The first-order valence-corrected chi connectivity index (χ1v) is 6.23. The monoisotopic (exact) mass is 267 g/mol. The zero-order chi connectivity index (χ0) is 14.0. The van der Waals surface area contributed by atoms with E-state index < -0.39 is 12.1 Å². The van der Waals surface area contributed by atoms with Crippen LogP contribution >= 0.6 is 0 Å². The molecule has 7 heteroatoms. The van der Waals surface area contributed by atoms with Crippen molar-refractivity contribution in [1.29, 1.82) is 0 Å². The number of carbonyl (C=O) groups is 2. The minimum absolute atomic E-state index is 0.0484. The van der Waals surface area contributed by atoms with Crippen LogP contribution in [-0.4, -0.2) is 57.4 Å². The largest absolute Gasteiger partial charge is 0.479 e. The Morgan fingerprint density at radius 1 is 1.58 bits per heavy atom. The lowest BCUT2D eigenvalue weighted by atomic mass is 10.2. The number of nitrogens with one attached hydrogen (secondary N) is 1. The Labute approximate surface area is 110 Å². The average molecular weight is 267 g/mol. The van der Waals surface area contributed by atoms with Gasteiger partial charge < -0.3 is 14.7 Å². The summed E-state index contributed by atoms with van der Waals surface area (Å²) in [6.07, 6.45) is -0.516. The maximum atomic E-state index is 12.2. The van der Waals surface area contributed by atoms with Gasteiger partial charge in [-0.25, -0.2) is 4.79 Å². The second kappa shape index (κ2) is 5.40. The van der Waals surface area contributed by atoms with Crippen LogP contribution in [0.4, 0.5) is 0 Å². The molecule has 2 heterocycles. The molecule has 1 aromatic rings. The molecule has 0 radical (unpaired) electrons. The summed E-state index contributed by atoms with van der Waals surface area (Å²) in [6.45, 7) is 4.13. The van der Waals surface area contributed by atoms with Gasteiger partial charge in [-0.1, -0.05) is 6.92 Å². The van der Waals surface area contributed by atoms with Gasteiger partial charge >= 0.3 is 5.97 Å². The zero-order valence-corrected chi connectivity index (χ0v) is 10.9. The standard InChI is InChI=1S/C12H17N3O4/c1-3-8-4-9(14-13-8)11(16)15-5-7(2)19-10(6-15)12(17)18/h4,7,10H,3,5-6H2,1-2H3,(H,13,14)(H,17,18)/t7-,10?/m1/s1. The molecule has 2 rings (SSSR count). The fourth-order valence-corrected chi connectivity index (χ4v) is 2.07. The summed E-state index contributed by atoms with van der Waals surface area (Å²) in [5.41, 5.74) is 1.19. The molecule has 2 N–H and O–H groups in total. The number of rotatable bonds is 3. The molecule has 0 aliphatic carbocycles. The Morgan fingerprint density at radius 3 is 2.89 bits per heavy atom. The maximum absolute atomic E-state index is 12.2. The summed E-state index contributed by atoms with van der Waals surface area (Å²) in [7, 11) is 0. The van der Waals surface area contributed by atoms with E-state index in [4.69, 9.17) is 9.84 Å². The third-order valence-corrected chi connectivity index (χ3v) is 3.05. The summed E-state index contributed by atoms with van der Waals surface area (Å²) < 4.78 is 5.27. The highest BCUT2D eigenvalue weighted by atomic mass is 16.5. The van der Waals surface area contributed by atoms with E-state index in [0.29, 0.717) is 12.2 Å². The minimum Gasteiger partial charge on any atom is -0.479 e. The minimum atomic E-state index is -1.05. The van der Waals surface area contributed by atoms with Crippen molar-refractivity contribution in [2.75, 3.05) is 13.1 Å². The molecule has 1 fully saturated rings. The van der Waals surface area contributed by atoms with Crippen LogP contribution in [0.25, 0.3) is 0 Å². The van der Waals surface area contributed by atoms with E-state index in [1.54, 1.807) is 13.0 Å². The molecule has 1 aliphatic heterocycles. The number of carboxylic acid groups (broad SMARTS) is 1. The van der Waals surface area contributed by atoms with Crippen molar-refractivity contribution in [1.82, 2.24) is 15.1 Å². The third kappa shape index (κ3) is 2.93. The normalized spacial score (nSPS) is 23.4. The smallest absolute Gasteiger partial charge is 0.334 e. The molecule has 7 nitrogen and oxygen atoms in total. The first-order chi connectivity index (χ1) is 9.01. The predicted octanol–water partition coefficient (Wildman–Crippen LogP) is 0.286. The van der Waals surface area contributed by atoms with Gasteiger partial charge in [0.15, 0.2) is 6.10 Å². The number of morpholine rings is 1. The van der Waals surface area contributed by atoms with Crippen LogP contribution in [0, 0.1) is 0 Å². The Balaban J connectivity index is 2.11. The summed E-state index contributed by atoms with van der Waals surface area (Å²) in [4.78, 5) is 24.7. The molecule has 0 aromatic carbocycles. The van der Waals surface area contributed by atoms with Gasteiger partial charge in [-0.3, -0.25) is 9.89 Å². The number of carbonyl (C=O) groups excluding carboxylic acids is 1. The van der Waals surface area contributed by atoms with Crippen molar-refractivity contribution >= 4 is 11.9 Å². The number of ether oxygens (including phenoxy) is 1. The van der Waals surface area contributed by atoms with E-state index in [-0.39, 0.29) is 18.6 Å². The number of aromatic nitrogens is 2. The van der Waals surface area contributed by atoms with E-state index in [1.165, 1.54) is 4.90 Å². The number of aryl methyl sites for hydroxylation is 1. The average Bonchev–Trinajstić information content (AvgIpc) is 2.85. The Bertz CT molecular complexity index is 485. The topological polar surface area (TPSA) is 95.5 Å². The molecule has 0 spiro atoms. The molecule has 0 saturated carbocycles. The molecule has 1 aliphatic rings. The van der Waals surface area contributed by atoms with E-state index in [0.717, 1.165) is 12.1 Å². The van der Waals surface area contributed by atoms with Gasteiger partial charge in [0.2, 0.25) is 0 Å². The third-order valence-electron chi connectivity index (χ3n) is 3.05. The Kier molecular flexibility index (Phi) is 3.84. The number of nitrogens with zero attached hydrogens (tertiary/aromatic N) is 2. The van der Waals surface area contributed by atoms with Crippen LogP contribution < -0.4 is 0 Å². The van der Waals surface area contributed by atoms with E-state index in [2.05, 4.69) is 10.2 Å². The van der Waals surface area contributed by atoms with Gasteiger partial charge in [0.25, 0.3) is 5.91 Å². The Hall–Kier alpha value is -1.89. The van der Waals surface area contributed by atoms with E-state index >= 15 is 0 Å². The van der Waals surface area contributed by atoms with Gasteiger partial charge in [-0.05, 0) is 19.4 Å². The number of hydrogen-bond donors (Lipinski definition) is 2. The second-order valence-corrected chi connectivity index (χ2v) is 4.62. The van der Waals surface area contributed by atoms with Gasteiger partial charge in [0.1, 0.15) is 5.69 Å². The molecule has 19 heavy (non-hydrogen) atoms. The van der Waals surface area contributed by atoms with Crippen molar-refractivity contribution < 1.29 is 19.4 Å². The molecular weight excluding hydrogens is 250 g/mol. The highest BCUT2D eigenvalue weighted by molar-refractivity contribution is 5.93. The van der Waals surface area contributed by atoms with Crippen LogP contribution in [0.5, 0.6) is 0 Å². The fourth-order valence-electron chi connectivity index (χ4n) is 2.07. The number of carboxylic acids is 1. The predicted molar refractivity (Wildman–Crippen MR) is 65.8 cm³/mol. The first-order valence-electron chi connectivity index (χ1n) is 6.23. The first kappa shape index (κ1) is 13.5. The summed E-state index contributed by atoms with van der Waals surface area (Å²) in [5, 5.41) is 15.7. The lowest BCUT2D eigenvalue weighted by molar-refractivity contribution is -0.160. The molecule has 0 bridgehead atoms. The number of hydrogen-bond acceptors (Lipinski definition) is 4. The second-order valence-electron chi connectivity index (χ2n) is 4.62. The van der Waals surface area contributed by atoms with E-state index in [9.17, 15) is 9.59 Å². The summed E-state index contributed by atoms with van der Waals surface area (Å²) in [6, 6.07) is 1.69. The number of aliphatic carboxylic acids is 1. The molecular formula is C12H17N3O4. The van der Waals surface area contributed by atoms with Crippen LogP contribution in [0.15, 0.2) is 6.07 Å². The quantitative estimate of drug-likeness (QED) is 0.820. The Morgan fingerprint density at radius 2 is 2.32 bits per heavy atom. The highest BCUT2D eigenvalue weighted by Crippen LogP contribution is 2.14. The summed E-state index contributed by atoms with van der Waals surface area (Å²) in [5.74, 6) is -1.32. The van der Waals surface area contributed by atoms with Gasteiger partial charge in [-0.15, -0.1) is 0 Å². The van der Waals surface area contributed by atoms with Crippen molar-refractivity contribution in [2.24, 2.45) is 0 Å². The fraction of sp³-hybridized carbons (Fsp3) is 0.583. The molecule has 1 amide bonds. The lowest BCUT2D eigenvalue weighted by Crippen LogP contribution is -2.51. The van der Waals surface area contributed by atoms with Gasteiger partial charge in [0, 0.05) is 12.2 Å². The van der Waals surface area contributed by atoms with Gasteiger partial charge in [-0.2, -0.15) is 5.10 Å². The molecule has 104 valence electrons. The number of H-pyrrole nitrogens is 1. The van der Waals surface area contributed by atoms with Crippen molar-refractivity contribution in [3.63, 3.8) is 0 Å². The maximum Gasteiger partial charge on any atom is 0.334 e. The number of amides is 1. The molecule has 1 unspecified atom stereocenters. The van der Waals surface area contributed by atoms with Crippen molar-refractivity contribution in [3.05, 3.63) is 17.5 Å². The number of aromatic amines is 1. The molecule has 2 atom stereocenters. The van der Waals surface area contributed by atoms with Crippen molar-refractivity contribution in [3.8, 4) is 0 Å².